The molecule has 0 bridgehead atoms. The van der Waals surface area contributed by atoms with Crippen molar-refractivity contribution in [1.29, 1.82) is 0 Å². The number of rotatable bonds is 2. The minimum absolute atomic E-state index is 0.333. The summed E-state index contributed by atoms with van der Waals surface area (Å²) in [5, 5.41) is 0. The van der Waals surface area contributed by atoms with Gasteiger partial charge in [-0.25, -0.2) is 0 Å². The van der Waals surface area contributed by atoms with Gasteiger partial charge >= 0.3 is 0 Å². The Labute approximate surface area is 219 Å². The summed E-state index contributed by atoms with van der Waals surface area (Å²) in [6.45, 7) is 31.1. The van der Waals surface area contributed by atoms with Crippen molar-refractivity contribution in [2.45, 2.75) is 102 Å². The molecule has 0 spiro atoms. The second-order valence-electron chi connectivity index (χ2n) is 11.8. The molecule has 36 heavy (non-hydrogen) atoms. The van der Waals surface area contributed by atoms with E-state index in [0.717, 1.165) is 6.54 Å². The highest BCUT2D eigenvalue weighted by molar-refractivity contribution is 5.88. The van der Waals surface area contributed by atoms with E-state index in [1.165, 1.54) is 94.8 Å². The van der Waals surface area contributed by atoms with E-state index in [4.69, 9.17) is 0 Å². The number of hydrogen-bond acceptors (Lipinski definition) is 1. The zero-order valence-corrected chi connectivity index (χ0v) is 24.8. The van der Waals surface area contributed by atoms with Crippen molar-refractivity contribution < 1.29 is 0 Å². The molecule has 1 aliphatic carbocycles. The fourth-order valence-corrected chi connectivity index (χ4v) is 7.13. The van der Waals surface area contributed by atoms with Crippen LogP contribution in [0, 0.1) is 90.0 Å². The van der Waals surface area contributed by atoms with E-state index in [0.29, 0.717) is 5.92 Å². The van der Waals surface area contributed by atoms with E-state index in [1.54, 1.807) is 11.1 Å². The number of benzene rings is 3. The zero-order valence-electron chi connectivity index (χ0n) is 24.8. The average molecular weight is 478 g/mol. The summed E-state index contributed by atoms with van der Waals surface area (Å²) in [6.07, 6.45) is 2.54. The molecule has 5 rings (SSSR count). The van der Waals surface area contributed by atoms with E-state index < -0.39 is 0 Å². The monoisotopic (exact) mass is 477 g/mol. The summed E-state index contributed by atoms with van der Waals surface area (Å²) in [4.78, 5) is 2.70. The first-order valence-electron chi connectivity index (χ1n) is 13.6. The quantitative estimate of drug-likeness (QED) is 0.355. The fourth-order valence-electron chi connectivity index (χ4n) is 7.13. The first kappa shape index (κ1) is 24.9. The Morgan fingerprint density at radius 3 is 1.44 bits per heavy atom. The van der Waals surface area contributed by atoms with Crippen LogP contribution in [0.5, 0.6) is 0 Å². The highest BCUT2D eigenvalue weighted by Crippen LogP contribution is 2.58. The molecule has 1 unspecified atom stereocenters. The Bertz CT molecular complexity index is 1500. The van der Waals surface area contributed by atoms with Gasteiger partial charge in [-0.2, -0.15) is 0 Å². The molecule has 0 radical (unpaired) electrons. The van der Waals surface area contributed by atoms with Crippen molar-refractivity contribution in [3.8, 4) is 0 Å². The van der Waals surface area contributed by atoms with Gasteiger partial charge in [-0.3, -0.25) is 0 Å². The number of anilines is 1. The van der Waals surface area contributed by atoms with E-state index >= 15 is 0 Å². The van der Waals surface area contributed by atoms with Gasteiger partial charge in [-0.15, -0.1) is 0 Å². The van der Waals surface area contributed by atoms with Crippen LogP contribution < -0.4 is 4.90 Å². The lowest BCUT2D eigenvalue weighted by Gasteiger charge is -2.28. The molecule has 0 amide bonds. The Kier molecular flexibility index (Phi) is 5.60. The van der Waals surface area contributed by atoms with Crippen LogP contribution in [0.15, 0.2) is 5.70 Å². The molecule has 0 N–H and O–H groups in total. The Morgan fingerprint density at radius 1 is 0.472 bits per heavy atom. The van der Waals surface area contributed by atoms with Gasteiger partial charge < -0.3 is 4.90 Å². The predicted molar refractivity (Wildman–Crippen MR) is 157 cm³/mol. The van der Waals surface area contributed by atoms with Gasteiger partial charge in [0.15, 0.2) is 0 Å². The molecule has 3 aromatic carbocycles. The zero-order chi connectivity index (χ0) is 26.5. The van der Waals surface area contributed by atoms with Crippen molar-refractivity contribution >= 4 is 11.8 Å². The van der Waals surface area contributed by atoms with Crippen molar-refractivity contribution in [1.82, 2.24) is 0 Å². The summed E-state index contributed by atoms with van der Waals surface area (Å²) < 4.78 is 0. The second kappa shape index (κ2) is 8.10. The molecule has 0 saturated carbocycles. The SMILES string of the molecule is Cc1c(C)c(C)c(CN2C3=Cc4c(C)c(C)c(C)c(C)c4C3c3c(C)c(C)c(C)c(C)c32)c(C)c1C. The number of fused-ring (bicyclic) bond motifs is 5. The number of allylic oxidation sites excluding steroid dienone is 1. The lowest BCUT2D eigenvalue weighted by molar-refractivity contribution is 0.873. The lowest BCUT2D eigenvalue weighted by atomic mass is 9.81. The molecule has 1 heterocycles. The maximum absolute atomic E-state index is 2.70. The average Bonchev–Trinajstić information content (AvgIpc) is 3.39. The fraction of sp³-hybridized carbons (Fsp3) is 0.429. The Hall–Kier alpha value is -2.80. The molecular weight excluding hydrogens is 434 g/mol. The van der Waals surface area contributed by atoms with Crippen molar-refractivity contribution in [3.05, 3.63) is 100 Å². The molecule has 3 aromatic rings. The van der Waals surface area contributed by atoms with E-state index in [1.807, 2.05) is 0 Å². The van der Waals surface area contributed by atoms with Crippen LogP contribution >= 0.6 is 0 Å². The molecule has 1 atom stereocenters. The van der Waals surface area contributed by atoms with Crippen LogP contribution in [-0.2, 0) is 6.54 Å². The number of hydrogen-bond donors (Lipinski definition) is 0. The third-order valence-corrected chi connectivity index (χ3v) is 10.7. The molecule has 0 saturated heterocycles. The normalized spacial score (nSPS) is 15.9. The van der Waals surface area contributed by atoms with Crippen LogP contribution in [0.4, 0.5) is 5.69 Å². The Balaban J connectivity index is 1.83. The minimum atomic E-state index is 0.333. The molecular formula is C35H43N. The first-order chi connectivity index (χ1) is 16.8. The van der Waals surface area contributed by atoms with E-state index in [2.05, 4.69) is 101 Å². The van der Waals surface area contributed by atoms with Gasteiger partial charge in [-0.1, -0.05) is 0 Å². The smallest absolute Gasteiger partial charge is 0.0525 e. The third-order valence-electron chi connectivity index (χ3n) is 10.7. The highest BCUT2D eigenvalue weighted by Gasteiger charge is 2.43. The van der Waals surface area contributed by atoms with Crippen molar-refractivity contribution in [2.24, 2.45) is 0 Å². The van der Waals surface area contributed by atoms with Crippen LogP contribution in [0.2, 0.25) is 0 Å². The maximum Gasteiger partial charge on any atom is 0.0525 e. The van der Waals surface area contributed by atoms with Gasteiger partial charge in [0, 0.05) is 17.9 Å². The van der Waals surface area contributed by atoms with Gasteiger partial charge in [0.05, 0.1) is 5.92 Å². The van der Waals surface area contributed by atoms with Gasteiger partial charge in [0.1, 0.15) is 0 Å². The van der Waals surface area contributed by atoms with Gasteiger partial charge in [0.2, 0.25) is 0 Å². The summed E-state index contributed by atoms with van der Waals surface area (Å²) in [6, 6.07) is 0. The largest absolute Gasteiger partial charge is 0.339 e. The molecule has 188 valence electrons. The first-order valence-corrected chi connectivity index (χ1v) is 13.6. The Morgan fingerprint density at radius 2 is 0.889 bits per heavy atom. The molecule has 2 aliphatic rings. The van der Waals surface area contributed by atoms with E-state index in [-0.39, 0.29) is 0 Å². The molecule has 0 fully saturated rings. The van der Waals surface area contributed by atoms with Crippen LogP contribution in [-0.4, -0.2) is 0 Å². The molecule has 1 nitrogen and oxygen atoms in total. The predicted octanol–water partition coefficient (Wildman–Crippen LogP) is 9.20. The maximum atomic E-state index is 2.70. The second-order valence-corrected chi connectivity index (χ2v) is 11.8. The van der Waals surface area contributed by atoms with Gasteiger partial charge in [-0.05, 0) is 191 Å². The summed E-state index contributed by atoms with van der Waals surface area (Å²) in [5.41, 5.74) is 27.8. The summed E-state index contributed by atoms with van der Waals surface area (Å²) in [7, 11) is 0. The van der Waals surface area contributed by atoms with Crippen molar-refractivity contribution in [3.63, 3.8) is 0 Å². The van der Waals surface area contributed by atoms with Crippen LogP contribution in [0.3, 0.4) is 0 Å². The molecule has 1 heteroatoms. The highest BCUT2D eigenvalue weighted by atomic mass is 15.2. The minimum Gasteiger partial charge on any atom is -0.339 e. The summed E-state index contributed by atoms with van der Waals surface area (Å²) >= 11 is 0. The lowest BCUT2D eigenvalue weighted by Crippen LogP contribution is -2.21. The summed E-state index contributed by atoms with van der Waals surface area (Å²) in [5.74, 6) is 0.333. The van der Waals surface area contributed by atoms with Crippen LogP contribution in [0.1, 0.15) is 100 Å². The van der Waals surface area contributed by atoms with E-state index in [9.17, 15) is 0 Å². The third kappa shape index (κ3) is 3.01. The standard InChI is InChI=1S/C35H43N/c1-16-17(2)24(9)30(25(10)18(16)3)15-36-31-14-29-23(8)19(4)20(5)26(11)32(29)34(31)33-27(12)21(6)22(7)28(13)35(33)36/h14,34H,15H2,1-13H3. The number of nitrogens with zero attached hydrogens (tertiary/aromatic N) is 1. The van der Waals surface area contributed by atoms with Gasteiger partial charge in [0.25, 0.3) is 0 Å². The van der Waals surface area contributed by atoms with Crippen LogP contribution in [0.25, 0.3) is 6.08 Å². The molecule has 0 aromatic heterocycles. The van der Waals surface area contributed by atoms with Crippen molar-refractivity contribution in [2.75, 3.05) is 4.90 Å². The topological polar surface area (TPSA) is 3.24 Å². The molecule has 1 aliphatic heterocycles.